The molecule has 0 bridgehead atoms. The van der Waals surface area contributed by atoms with Crippen LogP contribution < -0.4 is 5.32 Å². The van der Waals surface area contributed by atoms with E-state index < -0.39 is 30.3 Å². The molecule has 0 radical (unpaired) electrons. The summed E-state index contributed by atoms with van der Waals surface area (Å²) in [6.45, 7) is 4.14. The van der Waals surface area contributed by atoms with E-state index in [4.69, 9.17) is 9.47 Å². The quantitative estimate of drug-likeness (QED) is 0.739. The average molecular weight is 393 g/mol. The summed E-state index contributed by atoms with van der Waals surface area (Å²) >= 11 is 0. The molecule has 2 rings (SSSR count). The van der Waals surface area contributed by atoms with Crippen LogP contribution in [0, 0.1) is 0 Å². The molecule has 6 nitrogen and oxygen atoms in total. The second kappa shape index (κ2) is 9.54. The second-order valence-corrected chi connectivity index (χ2v) is 7.31. The predicted molar refractivity (Wildman–Crippen MR) is 99.9 cm³/mol. The van der Waals surface area contributed by atoms with Crippen molar-refractivity contribution in [2.24, 2.45) is 0 Å². The molecule has 1 N–H and O–H groups in total. The summed E-state index contributed by atoms with van der Waals surface area (Å²) in [6, 6.07) is 9.01. The lowest BCUT2D eigenvalue weighted by molar-refractivity contribution is -0.105. The molecule has 1 atom stereocenters. The molecule has 0 aliphatic heterocycles. The molecule has 2 aromatic rings. The molecule has 0 fully saturated rings. The van der Waals surface area contributed by atoms with Crippen molar-refractivity contribution in [3.8, 4) is 0 Å². The molecule has 0 saturated carbocycles. The minimum absolute atomic E-state index is 0.0391. The van der Waals surface area contributed by atoms with Crippen molar-refractivity contribution >= 4 is 6.09 Å². The van der Waals surface area contributed by atoms with Crippen LogP contribution in [0.5, 0.6) is 0 Å². The number of nitrogens with zero attached hydrogens (tertiary/aromatic N) is 2. The van der Waals surface area contributed by atoms with E-state index in [0.717, 1.165) is 5.56 Å². The van der Waals surface area contributed by atoms with E-state index >= 15 is 0 Å². The summed E-state index contributed by atoms with van der Waals surface area (Å²) in [6.07, 6.45) is 1.71. The Hall–Kier alpha value is -2.61. The van der Waals surface area contributed by atoms with Crippen LogP contribution in [0.2, 0.25) is 0 Å². The van der Waals surface area contributed by atoms with Crippen molar-refractivity contribution in [1.82, 2.24) is 15.3 Å². The van der Waals surface area contributed by atoms with Crippen molar-refractivity contribution in [1.29, 1.82) is 0 Å². The number of alkyl halides is 2. The van der Waals surface area contributed by atoms with Crippen molar-refractivity contribution in [2.45, 2.75) is 51.4 Å². The lowest BCUT2D eigenvalue weighted by Gasteiger charge is -2.28. The SMILES string of the molecule is CC(C)(C)OC(=O)NC(Cc1ncccn1)C(F)(F)COCc1ccccc1. The van der Waals surface area contributed by atoms with Gasteiger partial charge in [0.1, 0.15) is 24.1 Å². The minimum atomic E-state index is -3.36. The number of alkyl carbamates (subject to hydrolysis) is 1. The Balaban J connectivity index is 2.05. The van der Waals surface area contributed by atoms with Gasteiger partial charge in [0.05, 0.1) is 6.61 Å². The third-order valence-electron chi connectivity index (χ3n) is 3.61. The van der Waals surface area contributed by atoms with Gasteiger partial charge < -0.3 is 14.8 Å². The first-order valence-electron chi connectivity index (χ1n) is 8.90. The normalized spacial score (nSPS) is 13.0. The molecular weight excluding hydrogens is 368 g/mol. The zero-order chi connectivity index (χ0) is 20.6. The van der Waals surface area contributed by atoms with Crippen molar-refractivity contribution in [2.75, 3.05) is 6.61 Å². The van der Waals surface area contributed by atoms with E-state index in [1.165, 1.54) is 12.4 Å². The lowest BCUT2D eigenvalue weighted by Crippen LogP contribution is -2.52. The molecule has 1 amide bonds. The van der Waals surface area contributed by atoms with E-state index in [9.17, 15) is 13.6 Å². The van der Waals surface area contributed by atoms with Crippen LogP contribution in [0.15, 0.2) is 48.8 Å². The number of hydrogen-bond acceptors (Lipinski definition) is 5. The number of nitrogens with one attached hydrogen (secondary N) is 1. The summed E-state index contributed by atoms with van der Waals surface area (Å²) in [5, 5.41) is 2.24. The minimum Gasteiger partial charge on any atom is -0.444 e. The number of halogens is 2. The molecule has 0 aliphatic carbocycles. The van der Waals surface area contributed by atoms with E-state index in [0.29, 0.717) is 0 Å². The van der Waals surface area contributed by atoms with E-state index in [1.54, 1.807) is 51.1 Å². The van der Waals surface area contributed by atoms with Gasteiger partial charge in [0.2, 0.25) is 0 Å². The van der Waals surface area contributed by atoms with Crippen molar-refractivity contribution < 1.29 is 23.0 Å². The van der Waals surface area contributed by atoms with Gasteiger partial charge in [-0.15, -0.1) is 0 Å². The number of carbonyl (C=O) groups is 1. The molecule has 1 unspecified atom stereocenters. The van der Waals surface area contributed by atoms with Gasteiger partial charge in [0.25, 0.3) is 5.92 Å². The number of hydrogen-bond donors (Lipinski definition) is 1. The van der Waals surface area contributed by atoms with Crippen LogP contribution in [-0.2, 0) is 22.5 Å². The van der Waals surface area contributed by atoms with Gasteiger partial charge >= 0.3 is 6.09 Å². The molecule has 1 aromatic carbocycles. The average Bonchev–Trinajstić information content (AvgIpc) is 2.61. The number of rotatable bonds is 8. The number of benzene rings is 1. The van der Waals surface area contributed by atoms with Crippen molar-refractivity contribution in [3.63, 3.8) is 0 Å². The Labute approximate surface area is 163 Å². The zero-order valence-electron chi connectivity index (χ0n) is 16.2. The lowest BCUT2D eigenvalue weighted by atomic mass is 10.1. The second-order valence-electron chi connectivity index (χ2n) is 7.31. The summed E-state index contributed by atoms with van der Waals surface area (Å²) < 4.78 is 40.0. The molecule has 1 heterocycles. The highest BCUT2D eigenvalue weighted by Gasteiger charge is 2.42. The monoisotopic (exact) mass is 393 g/mol. The van der Waals surface area contributed by atoms with Gasteiger partial charge in [-0.1, -0.05) is 30.3 Å². The van der Waals surface area contributed by atoms with E-state index in [2.05, 4.69) is 15.3 Å². The highest BCUT2D eigenvalue weighted by Crippen LogP contribution is 2.23. The highest BCUT2D eigenvalue weighted by molar-refractivity contribution is 5.68. The van der Waals surface area contributed by atoms with Crippen molar-refractivity contribution in [3.05, 3.63) is 60.2 Å². The Morgan fingerprint density at radius 3 is 2.36 bits per heavy atom. The third kappa shape index (κ3) is 7.56. The number of ether oxygens (including phenoxy) is 2. The van der Waals surface area contributed by atoms with Gasteiger partial charge in [-0.05, 0) is 32.4 Å². The van der Waals surface area contributed by atoms with Gasteiger partial charge in [-0.3, -0.25) is 0 Å². The van der Waals surface area contributed by atoms with Gasteiger partial charge in [0.15, 0.2) is 0 Å². The zero-order valence-corrected chi connectivity index (χ0v) is 16.2. The molecule has 0 saturated heterocycles. The highest BCUT2D eigenvalue weighted by atomic mass is 19.3. The summed E-state index contributed by atoms with van der Waals surface area (Å²) in [5.41, 5.74) is -0.0295. The smallest absolute Gasteiger partial charge is 0.408 e. The number of aromatic nitrogens is 2. The van der Waals surface area contributed by atoms with Crippen LogP contribution in [0.1, 0.15) is 32.2 Å². The third-order valence-corrected chi connectivity index (χ3v) is 3.61. The molecule has 0 aliphatic rings. The van der Waals surface area contributed by atoms with Gasteiger partial charge in [0, 0.05) is 18.8 Å². The topological polar surface area (TPSA) is 73.3 Å². The predicted octanol–water partition coefficient (Wildman–Crippen LogP) is 3.76. The molecular formula is C20H25F2N3O3. The molecule has 28 heavy (non-hydrogen) atoms. The fourth-order valence-electron chi connectivity index (χ4n) is 2.35. The first kappa shape index (κ1) is 21.7. The van der Waals surface area contributed by atoms with Crippen LogP contribution in [-0.4, -0.2) is 40.2 Å². The standard InChI is InChI=1S/C20H25F2N3O3/c1-19(2,3)28-18(26)25-16(12-17-23-10-7-11-24-17)20(21,22)14-27-13-15-8-5-4-6-9-15/h4-11,16H,12-14H2,1-3H3,(H,25,26). The Bertz CT molecular complexity index is 737. The maximum Gasteiger partial charge on any atom is 0.408 e. The van der Waals surface area contributed by atoms with Crippen LogP contribution in [0.3, 0.4) is 0 Å². The van der Waals surface area contributed by atoms with Crippen LogP contribution in [0.25, 0.3) is 0 Å². The molecule has 0 spiro atoms. The fraction of sp³-hybridized carbons (Fsp3) is 0.450. The largest absolute Gasteiger partial charge is 0.444 e. The molecule has 8 heteroatoms. The fourth-order valence-corrected chi connectivity index (χ4v) is 2.35. The molecule has 1 aromatic heterocycles. The summed E-state index contributed by atoms with van der Waals surface area (Å²) in [4.78, 5) is 20.0. The maximum absolute atomic E-state index is 14.8. The van der Waals surface area contributed by atoms with E-state index in [1.807, 2.05) is 6.07 Å². The first-order valence-corrected chi connectivity index (χ1v) is 8.90. The summed E-state index contributed by atoms with van der Waals surface area (Å²) in [7, 11) is 0. The van der Waals surface area contributed by atoms with Gasteiger partial charge in [-0.2, -0.15) is 0 Å². The summed E-state index contributed by atoms with van der Waals surface area (Å²) in [5.74, 6) is -3.17. The van der Waals surface area contributed by atoms with Crippen LogP contribution >= 0.6 is 0 Å². The number of carbonyl (C=O) groups excluding carboxylic acids is 1. The Morgan fingerprint density at radius 2 is 1.75 bits per heavy atom. The molecule has 152 valence electrons. The maximum atomic E-state index is 14.8. The Morgan fingerprint density at radius 1 is 1.11 bits per heavy atom. The Kier molecular flexibility index (Phi) is 7.39. The van der Waals surface area contributed by atoms with E-state index in [-0.39, 0.29) is 18.9 Å². The van der Waals surface area contributed by atoms with Gasteiger partial charge in [-0.25, -0.2) is 23.5 Å². The first-order chi connectivity index (χ1) is 13.2. The van der Waals surface area contributed by atoms with Crippen LogP contribution in [0.4, 0.5) is 13.6 Å². The number of amides is 1.